The number of hydrogen-bond acceptors (Lipinski definition) is 1. The lowest BCUT2D eigenvalue weighted by atomic mass is 9.29. The van der Waals surface area contributed by atoms with Gasteiger partial charge in [-0.2, -0.15) is 0 Å². The smallest absolute Gasteiger partial charge is 0.247 e. The second kappa shape index (κ2) is 11.5. The van der Waals surface area contributed by atoms with Crippen LogP contribution >= 0.6 is 0 Å². The first-order valence-electron chi connectivity index (χ1n) is 19.8. The number of aromatic nitrogens is 1. The topological polar surface area (TPSA) is 8.17 Å². The third-order valence-electron chi connectivity index (χ3n) is 12.5. The van der Waals surface area contributed by atoms with Crippen molar-refractivity contribution in [2.75, 3.05) is 4.90 Å². The Morgan fingerprint density at radius 3 is 1.65 bits per heavy atom. The minimum atomic E-state index is -0.255. The van der Waals surface area contributed by atoms with E-state index in [9.17, 15) is 0 Å². The van der Waals surface area contributed by atoms with Gasteiger partial charge in [-0.3, -0.25) is 0 Å². The molecule has 0 saturated heterocycles. The number of rotatable bonds is 2. The molecule has 0 fully saturated rings. The zero-order valence-corrected chi connectivity index (χ0v) is 34.0. The number of benzene rings is 6. The number of hydrogen-bond donors (Lipinski definition) is 0. The van der Waals surface area contributed by atoms with Crippen LogP contribution in [0.15, 0.2) is 121 Å². The Morgan fingerprint density at radius 1 is 0.500 bits per heavy atom. The van der Waals surface area contributed by atoms with Gasteiger partial charge in [-0.1, -0.05) is 154 Å². The van der Waals surface area contributed by atoms with Gasteiger partial charge in [0.25, 0.3) is 0 Å². The minimum Gasteiger partial charge on any atom is -0.312 e. The van der Waals surface area contributed by atoms with Gasteiger partial charge in [-0.25, -0.2) is 0 Å². The normalized spacial score (nSPS) is 15.0. The van der Waals surface area contributed by atoms with Crippen LogP contribution in [0.2, 0.25) is 0 Å². The number of fused-ring (bicyclic) bond motifs is 7. The fourth-order valence-electron chi connectivity index (χ4n) is 9.66. The molecule has 6 aromatic carbocycles. The number of anilines is 3. The standard InChI is InChI=1S/C51H53BN2/c1-48(2,3)32-20-23-34(24-21-32)53-44-28-22-33(49(4,5)6)30-41(44)52-40-27-25-35(54-42-18-14-12-16-36(42)37-17-13-15-19-43(37)54)31-39(40)51(10,11)46-38(50(7,8)9)26-29-45(53)47(46)52/h12-31H,1-11H3. The first-order valence-corrected chi connectivity index (χ1v) is 19.8. The van der Waals surface area contributed by atoms with Crippen LogP contribution in [0.25, 0.3) is 27.5 Å². The molecule has 0 atom stereocenters. The van der Waals surface area contributed by atoms with E-state index in [0.29, 0.717) is 0 Å². The maximum Gasteiger partial charge on any atom is 0.247 e. The fraction of sp³-hybridized carbons (Fsp3) is 0.294. The van der Waals surface area contributed by atoms with Gasteiger partial charge >= 0.3 is 0 Å². The molecule has 0 spiro atoms. The highest BCUT2D eigenvalue weighted by molar-refractivity contribution is 6.99. The molecule has 0 unspecified atom stereocenters. The first kappa shape index (κ1) is 34.7. The molecule has 0 radical (unpaired) electrons. The van der Waals surface area contributed by atoms with E-state index in [2.05, 4.69) is 207 Å². The molecule has 270 valence electrons. The van der Waals surface area contributed by atoms with E-state index in [1.165, 1.54) is 88.8 Å². The molecule has 0 N–H and O–H groups in total. The minimum absolute atomic E-state index is 0.0156. The molecule has 0 aliphatic carbocycles. The van der Waals surface area contributed by atoms with Crippen molar-refractivity contribution in [1.82, 2.24) is 4.57 Å². The number of nitrogens with zero attached hydrogens (tertiary/aromatic N) is 2. The third-order valence-corrected chi connectivity index (χ3v) is 12.5. The van der Waals surface area contributed by atoms with Crippen LogP contribution < -0.4 is 21.3 Å². The molecule has 0 bridgehead atoms. The molecule has 1 aromatic heterocycles. The van der Waals surface area contributed by atoms with E-state index in [0.717, 1.165) is 0 Å². The highest BCUT2D eigenvalue weighted by atomic mass is 15.2. The third kappa shape index (κ3) is 5.07. The van der Waals surface area contributed by atoms with Gasteiger partial charge in [0.05, 0.1) is 11.0 Å². The Morgan fingerprint density at radius 2 is 1.06 bits per heavy atom. The Kier molecular flexibility index (Phi) is 7.40. The molecular formula is C51H53BN2. The predicted molar refractivity (Wildman–Crippen MR) is 235 cm³/mol. The Hall–Kier alpha value is -5.02. The van der Waals surface area contributed by atoms with Gasteiger partial charge in [0.2, 0.25) is 6.71 Å². The van der Waals surface area contributed by atoms with Crippen molar-refractivity contribution >= 4 is 62.0 Å². The maximum absolute atomic E-state index is 2.56. The lowest BCUT2D eigenvalue weighted by Gasteiger charge is -2.48. The molecule has 2 aliphatic rings. The Labute approximate surface area is 322 Å². The second-order valence-electron chi connectivity index (χ2n) is 19.5. The van der Waals surface area contributed by atoms with E-state index < -0.39 is 0 Å². The van der Waals surface area contributed by atoms with E-state index >= 15 is 0 Å². The fourth-order valence-corrected chi connectivity index (χ4v) is 9.66. The van der Waals surface area contributed by atoms with Crippen molar-refractivity contribution < 1.29 is 0 Å². The van der Waals surface area contributed by atoms with E-state index in [-0.39, 0.29) is 28.4 Å². The van der Waals surface area contributed by atoms with E-state index in [1.54, 1.807) is 0 Å². The average Bonchev–Trinajstić information content (AvgIpc) is 3.46. The van der Waals surface area contributed by atoms with Crippen LogP contribution in [0.4, 0.5) is 17.1 Å². The SMILES string of the molecule is CC(C)(C)c1ccc(N2c3ccc(C(C)(C)C)cc3B3c4ccc(-n5c6ccccc6c6ccccc65)cc4C(C)(C)c4c(C(C)(C)C)ccc2c43)cc1. The molecule has 3 heteroatoms. The monoisotopic (exact) mass is 704 g/mol. The summed E-state index contributed by atoms with van der Waals surface area (Å²) in [5, 5.41) is 2.59. The Bertz CT molecular complexity index is 2580. The summed E-state index contributed by atoms with van der Waals surface area (Å²) in [7, 11) is 0. The van der Waals surface area contributed by atoms with Crippen LogP contribution in [0.1, 0.15) is 104 Å². The van der Waals surface area contributed by atoms with E-state index in [4.69, 9.17) is 0 Å². The van der Waals surface area contributed by atoms with Gasteiger partial charge in [0.1, 0.15) is 0 Å². The molecule has 9 rings (SSSR count). The van der Waals surface area contributed by atoms with Crippen LogP contribution in [0, 0.1) is 0 Å². The number of para-hydroxylation sites is 2. The molecule has 0 amide bonds. The molecule has 0 saturated carbocycles. The quantitative estimate of drug-likeness (QED) is 0.163. The summed E-state index contributed by atoms with van der Waals surface area (Å²) in [6.45, 7) is 26.1. The average molecular weight is 705 g/mol. The summed E-state index contributed by atoms with van der Waals surface area (Å²) in [4.78, 5) is 2.56. The van der Waals surface area contributed by atoms with Crippen molar-refractivity contribution in [2.24, 2.45) is 0 Å². The summed E-state index contributed by atoms with van der Waals surface area (Å²) >= 11 is 0. The molecule has 7 aromatic rings. The lowest BCUT2D eigenvalue weighted by Crippen LogP contribution is -2.64. The molecule has 3 heterocycles. The van der Waals surface area contributed by atoms with Gasteiger partial charge in [0.15, 0.2) is 0 Å². The predicted octanol–water partition coefficient (Wildman–Crippen LogP) is 11.6. The zero-order chi connectivity index (χ0) is 38.1. The lowest BCUT2D eigenvalue weighted by molar-refractivity contribution is 0.552. The van der Waals surface area contributed by atoms with Crippen molar-refractivity contribution in [2.45, 2.75) is 97.8 Å². The summed E-state index contributed by atoms with van der Waals surface area (Å²) in [5.41, 5.74) is 18.6. The van der Waals surface area contributed by atoms with Crippen LogP contribution in [0.3, 0.4) is 0 Å². The Balaban J connectivity index is 1.36. The van der Waals surface area contributed by atoms with Gasteiger partial charge in [-0.15, -0.1) is 0 Å². The van der Waals surface area contributed by atoms with Crippen molar-refractivity contribution in [1.29, 1.82) is 0 Å². The maximum atomic E-state index is 2.56. The largest absolute Gasteiger partial charge is 0.312 e. The summed E-state index contributed by atoms with van der Waals surface area (Å²) in [6, 6.07) is 46.6. The second-order valence-corrected chi connectivity index (χ2v) is 19.5. The van der Waals surface area contributed by atoms with Crippen molar-refractivity contribution in [3.05, 3.63) is 149 Å². The van der Waals surface area contributed by atoms with Crippen molar-refractivity contribution in [3.8, 4) is 5.69 Å². The van der Waals surface area contributed by atoms with Crippen LogP contribution in [-0.4, -0.2) is 11.3 Å². The van der Waals surface area contributed by atoms with Crippen LogP contribution in [0.5, 0.6) is 0 Å². The summed E-state index contributed by atoms with van der Waals surface area (Å²) in [5.74, 6) is 0. The van der Waals surface area contributed by atoms with Crippen LogP contribution in [-0.2, 0) is 21.7 Å². The highest BCUT2D eigenvalue weighted by Crippen LogP contribution is 2.47. The summed E-state index contributed by atoms with van der Waals surface area (Å²) in [6.07, 6.45) is 0. The van der Waals surface area contributed by atoms with E-state index in [1.807, 2.05) is 0 Å². The van der Waals surface area contributed by atoms with Gasteiger partial charge in [-0.05, 0) is 104 Å². The van der Waals surface area contributed by atoms with Gasteiger partial charge < -0.3 is 9.47 Å². The van der Waals surface area contributed by atoms with Crippen molar-refractivity contribution in [3.63, 3.8) is 0 Å². The zero-order valence-electron chi connectivity index (χ0n) is 34.0. The summed E-state index contributed by atoms with van der Waals surface area (Å²) < 4.78 is 2.48. The van der Waals surface area contributed by atoms with Gasteiger partial charge in [0, 0.05) is 38.9 Å². The molecule has 2 aliphatic heterocycles. The first-order chi connectivity index (χ1) is 25.5. The molecular weight excluding hydrogens is 651 g/mol. The molecule has 2 nitrogen and oxygen atoms in total. The molecule has 54 heavy (non-hydrogen) atoms. The highest BCUT2D eigenvalue weighted by Gasteiger charge is 2.48.